The van der Waals surface area contributed by atoms with E-state index in [2.05, 4.69) is 15.9 Å². The number of esters is 1. The van der Waals surface area contributed by atoms with Gasteiger partial charge in [0.1, 0.15) is 5.41 Å². The van der Waals surface area contributed by atoms with Crippen LogP contribution in [0.2, 0.25) is 0 Å². The summed E-state index contributed by atoms with van der Waals surface area (Å²) in [6.07, 6.45) is 0. The highest BCUT2D eigenvalue weighted by Crippen LogP contribution is 2.21. The summed E-state index contributed by atoms with van der Waals surface area (Å²) in [4.78, 5) is 24.4. The first-order valence-electron chi connectivity index (χ1n) is 6.13. The van der Waals surface area contributed by atoms with Crippen LogP contribution in [0.15, 0.2) is 33.6 Å². The minimum Gasteiger partial charge on any atom is -0.465 e. The van der Waals surface area contributed by atoms with E-state index in [4.69, 9.17) is 4.74 Å². The van der Waals surface area contributed by atoms with E-state index in [1.807, 2.05) is 0 Å². The van der Waals surface area contributed by atoms with Gasteiger partial charge in [-0.15, -0.1) is 0 Å². The van der Waals surface area contributed by atoms with E-state index >= 15 is 0 Å². The van der Waals surface area contributed by atoms with Gasteiger partial charge in [0.05, 0.1) is 23.2 Å². The van der Waals surface area contributed by atoms with Gasteiger partial charge in [-0.25, -0.2) is 0 Å². The topological polar surface area (TPSA) is 60.4 Å². The van der Waals surface area contributed by atoms with E-state index in [0.29, 0.717) is 4.90 Å². The molecular formula is C14H17BrO4S. The summed E-state index contributed by atoms with van der Waals surface area (Å²) >= 11 is 3.29. The molecule has 1 aromatic carbocycles. The van der Waals surface area contributed by atoms with Crippen molar-refractivity contribution in [3.8, 4) is 0 Å². The van der Waals surface area contributed by atoms with Crippen molar-refractivity contribution in [3.63, 3.8) is 0 Å². The molecule has 0 heterocycles. The number of hydrogen-bond donors (Lipinski definition) is 0. The van der Waals surface area contributed by atoms with Crippen LogP contribution >= 0.6 is 15.9 Å². The smallest absolute Gasteiger partial charge is 0.319 e. The van der Waals surface area contributed by atoms with Gasteiger partial charge in [-0.1, -0.05) is 15.9 Å². The second-order valence-corrected chi connectivity index (χ2v) is 7.08. The molecule has 0 aliphatic carbocycles. The first-order valence-corrected chi connectivity index (χ1v) is 8.24. The van der Waals surface area contributed by atoms with E-state index in [1.54, 1.807) is 31.2 Å². The minimum absolute atomic E-state index is 0.201. The first-order chi connectivity index (χ1) is 9.28. The Morgan fingerprint density at radius 1 is 1.25 bits per heavy atom. The third-order valence-electron chi connectivity index (χ3n) is 2.82. The van der Waals surface area contributed by atoms with Gasteiger partial charge in [-0.05, 0) is 45.0 Å². The number of rotatable bonds is 6. The fourth-order valence-electron chi connectivity index (χ4n) is 1.39. The summed E-state index contributed by atoms with van der Waals surface area (Å²) in [5.41, 5.74) is -1.28. The molecule has 0 bridgehead atoms. The maximum Gasteiger partial charge on any atom is 0.319 e. The Morgan fingerprint density at radius 3 is 2.30 bits per heavy atom. The average Bonchev–Trinajstić information content (AvgIpc) is 2.39. The highest BCUT2D eigenvalue weighted by atomic mass is 79.9. The monoisotopic (exact) mass is 360 g/mol. The third kappa shape index (κ3) is 4.24. The maximum absolute atomic E-state index is 12.1. The molecule has 0 amide bonds. The normalized spacial score (nSPS) is 12.8. The predicted molar refractivity (Wildman–Crippen MR) is 80.8 cm³/mol. The Kier molecular flexibility index (Phi) is 6.07. The van der Waals surface area contributed by atoms with Crippen LogP contribution in [0.25, 0.3) is 0 Å². The van der Waals surface area contributed by atoms with Crippen LogP contribution in [0.1, 0.15) is 20.8 Å². The van der Waals surface area contributed by atoms with Crippen LogP contribution in [0.3, 0.4) is 0 Å². The van der Waals surface area contributed by atoms with Crippen molar-refractivity contribution in [1.29, 1.82) is 0 Å². The van der Waals surface area contributed by atoms with Gasteiger partial charge in [0.15, 0.2) is 5.78 Å². The summed E-state index contributed by atoms with van der Waals surface area (Å²) in [6, 6.07) is 6.89. The number of ketones is 1. The molecule has 110 valence electrons. The van der Waals surface area contributed by atoms with Crippen molar-refractivity contribution < 1.29 is 18.5 Å². The first kappa shape index (κ1) is 17.0. The average molecular weight is 361 g/mol. The lowest BCUT2D eigenvalue weighted by Crippen LogP contribution is -2.37. The molecule has 1 aromatic rings. The summed E-state index contributed by atoms with van der Waals surface area (Å²) in [5.74, 6) is -1.18. The Morgan fingerprint density at radius 2 is 1.80 bits per heavy atom. The predicted octanol–water partition coefficient (Wildman–Crippen LogP) is 2.72. The molecule has 0 N–H and O–H groups in total. The Hall–Kier alpha value is -1.01. The summed E-state index contributed by atoms with van der Waals surface area (Å²) < 4.78 is 17.9. The molecule has 0 saturated heterocycles. The van der Waals surface area contributed by atoms with Crippen LogP contribution < -0.4 is 0 Å². The second kappa shape index (κ2) is 7.13. The lowest BCUT2D eigenvalue weighted by molar-refractivity contribution is -0.157. The number of ether oxygens (including phenoxy) is 1. The van der Waals surface area contributed by atoms with E-state index in [-0.39, 0.29) is 12.4 Å². The molecule has 0 aromatic heterocycles. The highest BCUT2D eigenvalue weighted by molar-refractivity contribution is 9.10. The fraction of sp³-hybridized carbons (Fsp3) is 0.429. The highest BCUT2D eigenvalue weighted by Gasteiger charge is 2.37. The van der Waals surface area contributed by atoms with Crippen molar-refractivity contribution in [2.45, 2.75) is 25.7 Å². The molecule has 0 spiro atoms. The summed E-state index contributed by atoms with van der Waals surface area (Å²) in [6.45, 7) is 4.88. The van der Waals surface area contributed by atoms with Crippen LogP contribution in [-0.4, -0.2) is 28.3 Å². The zero-order valence-electron chi connectivity index (χ0n) is 11.6. The van der Waals surface area contributed by atoms with Gasteiger partial charge in [0.25, 0.3) is 0 Å². The van der Waals surface area contributed by atoms with E-state index in [1.165, 1.54) is 13.8 Å². The molecule has 4 nitrogen and oxygen atoms in total. The van der Waals surface area contributed by atoms with Crippen molar-refractivity contribution in [2.24, 2.45) is 5.41 Å². The van der Waals surface area contributed by atoms with E-state index in [9.17, 15) is 13.8 Å². The third-order valence-corrected chi connectivity index (χ3v) is 4.67. The number of carbonyl (C=O) groups is 2. The second-order valence-electron chi connectivity index (χ2n) is 4.71. The Balaban J connectivity index is 2.77. The van der Waals surface area contributed by atoms with Gasteiger partial charge in [0, 0.05) is 9.37 Å². The van der Waals surface area contributed by atoms with Crippen LogP contribution in [-0.2, 0) is 25.1 Å². The molecular weight excluding hydrogens is 344 g/mol. The van der Waals surface area contributed by atoms with Crippen molar-refractivity contribution in [1.82, 2.24) is 0 Å². The molecule has 1 rings (SSSR count). The van der Waals surface area contributed by atoms with Gasteiger partial charge < -0.3 is 4.74 Å². The molecule has 0 aliphatic rings. The number of Topliss-reactive ketones (excluding diaryl/α,β-unsaturated/α-hetero) is 1. The van der Waals surface area contributed by atoms with Crippen molar-refractivity contribution in [3.05, 3.63) is 28.7 Å². The molecule has 0 fully saturated rings. The van der Waals surface area contributed by atoms with Gasteiger partial charge in [0.2, 0.25) is 0 Å². The van der Waals surface area contributed by atoms with E-state index in [0.717, 1.165) is 4.47 Å². The molecule has 20 heavy (non-hydrogen) atoms. The SMILES string of the molecule is CCOC(=O)C(C)(C)C(=O)CS(=O)c1ccc(Br)cc1. The fourth-order valence-corrected chi connectivity index (χ4v) is 2.86. The van der Waals surface area contributed by atoms with Crippen LogP contribution in [0.5, 0.6) is 0 Å². The van der Waals surface area contributed by atoms with Gasteiger partial charge >= 0.3 is 5.97 Å². The van der Waals surface area contributed by atoms with Gasteiger partial charge in [-0.3, -0.25) is 13.8 Å². The number of benzene rings is 1. The molecule has 0 radical (unpaired) electrons. The van der Waals surface area contributed by atoms with E-state index < -0.39 is 28.0 Å². The Bertz CT molecular complexity index is 522. The van der Waals surface area contributed by atoms with Crippen LogP contribution in [0.4, 0.5) is 0 Å². The Labute approximate surface area is 129 Å². The number of carbonyl (C=O) groups excluding carboxylic acids is 2. The zero-order valence-corrected chi connectivity index (χ0v) is 14.0. The molecule has 1 unspecified atom stereocenters. The standard InChI is InChI=1S/C14H17BrO4S/c1-4-19-13(17)14(2,3)12(16)9-20(18)11-7-5-10(15)6-8-11/h5-8H,4,9H2,1-3H3. The molecule has 0 aliphatic heterocycles. The maximum atomic E-state index is 12.1. The quantitative estimate of drug-likeness (QED) is 0.577. The zero-order chi connectivity index (χ0) is 15.3. The number of halogens is 1. The minimum atomic E-state index is -1.47. The lowest BCUT2D eigenvalue weighted by atomic mass is 9.89. The van der Waals surface area contributed by atoms with Gasteiger partial charge in [-0.2, -0.15) is 0 Å². The lowest BCUT2D eigenvalue weighted by Gasteiger charge is -2.20. The molecule has 6 heteroatoms. The van der Waals surface area contributed by atoms with Crippen molar-refractivity contribution in [2.75, 3.05) is 12.4 Å². The van der Waals surface area contributed by atoms with Crippen molar-refractivity contribution >= 4 is 38.5 Å². The summed E-state index contributed by atoms with van der Waals surface area (Å²) in [7, 11) is -1.47. The molecule has 0 saturated carbocycles. The largest absolute Gasteiger partial charge is 0.465 e. The summed E-state index contributed by atoms with van der Waals surface area (Å²) in [5, 5.41) is 0. The number of hydrogen-bond acceptors (Lipinski definition) is 4. The molecule has 1 atom stereocenters. The van der Waals surface area contributed by atoms with Crippen LogP contribution in [0, 0.1) is 5.41 Å².